The van der Waals surface area contributed by atoms with Gasteiger partial charge in [-0.1, -0.05) is 30.7 Å². The quantitative estimate of drug-likeness (QED) is 0.889. The number of benzene rings is 1. The average Bonchev–Trinajstić information content (AvgIpc) is 2.76. The molecule has 1 aromatic carbocycles. The molecule has 1 heterocycles. The first-order valence-corrected chi connectivity index (χ1v) is 7.50. The fraction of sp³-hybridized carbons (Fsp3) is 0.438. The second kappa shape index (κ2) is 6.96. The van der Waals surface area contributed by atoms with Crippen molar-refractivity contribution in [2.24, 2.45) is 7.05 Å². The van der Waals surface area contributed by atoms with Crippen LogP contribution in [0.25, 0.3) is 0 Å². The second-order valence-corrected chi connectivity index (χ2v) is 5.57. The van der Waals surface area contributed by atoms with Gasteiger partial charge < -0.3 is 14.6 Å². The third-order valence-corrected chi connectivity index (χ3v) is 3.82. The lowest BCUT2D eigenvalue weighted by atomic mass is 10.1. The first-order valence-electron chi connectivity index (χ1n) is 7.12. The molecule has 0 aliphatic rings. The first-order chi connectivity index (χ1) is 10.0. The van der Waals surface area contributed by atoms with Crippen molar-refractivity contribution in [3.8, 4) is 5.75 Å². The van der Waals surface area contributed by atoms with Crippen LogP contribution in [-0.4, -0.2) is 16.1 Å². The molecule has 0 amide bonds. The summed E-state index contributed by atoms with van der Waals surface area (Å²) in [6.45, 7) is 8.52. The van der Waals surface area contributed by atoms with Crippen LogP contribution < -0.4 is 10.1 Å². The molecule has 0 unspecified atom stereocenters. The van der Waals surface area contributed by atoms with Gasteiger partial charge in [-0.2, -0.15) is 0 Å². The van der Waals surface area contributed by atoms with Crippen LogP contribution in [0.5, 0.6) is 5.75 Å². The number of hydrogen-bond donors (Lipinski definition) is 1. The lowest BCUT2D eigenvalue weighted by Crippen LogP contribution is -2.12. The van der Waals surface area contributed by atoms with Gasteiger partial charge in [-0.3, -0.25) is 0 Å². The number of aromatic nitrogens is 2. The number of hydrogen-bond acceptors (Lipinski definition) is 3. The van der Waals surface area contributed by atoms with Crippen molar-refractivity contribution in [1.82, 2.24) is 14.9 Å². The molecule has 0 aliphatic carbocycles. The van der Waals surface area contributed by atoms with Crippen molar-refractivity contribution < 1.29 is 4.74 Å². The van der Waals surface area contributed by atoms with E-state index in [1.54, 1.807) is 6.20 Å². The molecule has 0 fully saturated rings. The highest BCUT2D eigenvalue weighted by molar-refractivity contribution is 6.29. The van der Waals surface area contributed by atoms with E-state index in [0.717, 1.165) is 35.8 Å². The molecule has 2 rings (SSSR count). The molecule has 2 aromatic rings. The Kier molecular flexibility index (Phi) is 5.26. The van der Waals surface area contributed by atoms with Gasteiger partial charge in [0, 0.05) is 13.6 Å². The molecular formula is C16H22ClN3O. The minimum Gasteiger partial charge on any atom is -0.485 e. The Labute approximate surface area is 131 Å². The molecule has 21 heavy (non-hydrogen) atoms. The predicted octanol–water partition coefficient (Wildman–Crippen LogP) is 3.38. The van der Waals surface area contributed by atoms with Crippen LogP contribution in [0.15, 0.2) is 18.3 Å². The molecule has 0 radical (unpaired) electrons. The molecule has 4 nitrogen and oxygen atoms in total. The molecular weight excluding hydrogens is 286 g/mol. The van der Waals surface area contributed by atoms with Gasteiger partial charge in [0.25, 0.3) is 0 Å². The van der Waals surface area contributed by atoms with Crippen molar-refractivity contribution in [3.05, 3.63) is 46.0 Å². The Balaban J connectivity index is 2.11. The van der Waals surface area contributed by atoms with E-state index in [9.17, 15) is 0 Å². The van der Waals surface area contributed by atoms with E-state index in [1.807, 2.05) is 11.6 Å². The average molecular weight is 308 g/mol. The Morgan fingerprint density at radius 3 is 2.48 bits per heavy atom. The zero-order chi connectivity index (χ0) is 15.4. The van der Waals surface area contributed by atoms with Gasteiger partial charge >= 0.3 is 0 Å². The standard InChI is InChI=1S/C16H22ClN3O/c1-5-18-8-13-6-11(2)16(12(3)7-13)21-10-15-19-9-14(17)20(15)4/h6-7,9,18H,5,8,10H2,1-4H3. The SMILES string of the molecule is CCNCc1cc(C)c(OCc2ncc(Cl)n2C)c(C)c1. The minimum atomic E-state index is 0.414. The van der Waals surface area contributed by atoms with Crippen LogP contribution in [0.3, 0.4) is 0 Å². The Bertz CT molecular complexity index is 599. The van der Waals surface area contributed by atoms with Crippen molar-refractivity contribution in [3.63, 3.8) is 0 Å². The van der Waals surface area contributed by atoms with Crippen molar-refractivity contribution >= 4 is 11.6 Å². The number of imidazole rings is 1. The van der Waals surface area contributed by atoms with E-state index < -0.39 is 0 Å². The third-order valence-electron chi connectivity index (χ3n) is 3.47. The number of aryl methyl sites for hydroxylation is 2. The smallest absolute Gasteiger partial charge is 0.147 e. The number of nitrogens with one attached hydrogen (secondary N) is 1. The van der Waals surface area contributed by atoms with E-state index in [-0.39, 0.29) is 0 Å². The summed E-state index contributed by atoms with van der Waals surface area (Å²) in [5.41, 5.74) is 3.56. The third kappa shape index (κ3) is 3.77. The van der Waals surface area contributed by atoms with E-state index in [1.165, 1.54) is 5.56 Å². The number of rotatable bonds is 6. The van der Waals surface area contributed by atoms with Crippen LogP contribution >= 0.6 is 11.6 Å². The van der Waals surface area contributed by atoms with E-state index >= 15 is 0 Å². The molecule has 0 saturated carbocycles. The molecule has 0 bridgehead atoms. The predicted molar refractivity (Wildman–Crippen MR) is 85.8 cm³/mol. The molecule has 0 atom stereocenters. The normalized spacial score (nSPS) is 10.9. The monoisotopic (exact) mass is 307 g/mol. The Morgan fingerprint density at radius 2 is 1.95 bits per heavy atom. The number of nitrogens with zero attached hydrogens (tertiary/aromatic N) is 2. The highest BCUT2D eigenvalue weighted by Gasteiger charge is 2.09. The van der Waals surface area contributed by atoms with Crippen molar-refractivity contribution in [2.75, 3.05) is 6.54 Å². The number of ether oxygens (including phenoxy) is 1. The molecule has 0 saturated heterocycles. The largest absolute Gasteiger partial charge is 0.485 e. The topological polar surface area (TPSA) is 39.1 Å². The minimum absolute atomic E-state index is 0.414. The summed E-state index contributed by atoms with van der Waals surface area (Å²) in [4.78, 5) is 4.24. The summed E-state index contributed by atoms with van der Waals surface area (Å²) < 4.78 is 7.77. The highest BCUT2D eigenvalue weighted by atomic mass is 35.5. The summed E-state index contributed by atoms with van der Waals surface area (Å²) in [6, 6.07) is 4.33. The van der Waals surface area contributed by atoms with E-state index in [0.29, 0.717) is 11.8 Å². The molecule has 5 heteroatoms. The maximum Gasteiger partial charge on any atom is 0.147 e. The van der Waals surface area contributed by atoms with Crippen molar-refractivity contribution in [1.29, 1.82) is 0 Å². The summed E-state index contributed by atoms with van der Waals surface area (Å²) in [7, 11) is 1.88. The van der Waals surface area contributed by atoms with Gasteiger partial charge in [0.1, 0.15) is 23.3 Å². The molecule has 0 spiro atoms. The van der Waals surface area contributed by atoms with Gasteiger partial charge in [-0.05, 0) is 37.1 Å². The number of halogens is 1. The lowest BCUT2D eigenvalue weighted by molar-refractivity contribution is 0.288. The highest BCUT2D eigenvalue weighted by Crippen LogP contribution is 2.26. The first kappa shape index (κ1) is 15.9. The summed E-state index contributed by atoms with van der Waals surface area (Å²) >= 11 is 5.98. The fourth-order valence-corrected chi connectivity index (χ4v) is 2.48. The Hall–Kier alpha value is -1.52. The molecule has 114 valence electrons. The Morgan fingerprint density at radius 1 is 1.29 bits per heavy atom. The maximum atomic E-state index is 5.98. The maximum absolute atomic E-state index is 5.98. The van der Waals surface area contributed by atoms with E-state index in [2.05, 4.69) is 43.2 Å². The molecule has 1 aromatic heterocycles. The zero-order valence-electron chi connectivity index (χ0n) is 13.0. The summed E-state index contributed by atoms with van der Waals surface area (Å²) in [5.74, 6) is 1.74. The van der Waals surface area contributed by atoms with Crippen LogP contribution in [0.4, 0.5) is 0 Å². The molecule has 0 aliphatic heterocycles. The lowest BCUT2D eigenvalue weighted by Gasteiger charge is -2.14. The second-order valence-electron chi connectivity index (χ2n) is 5.18. The van der Waals surface area contributed by atoms with Gasteiger partial charge in [0.2, 0.25) is 0 Å². The van der Waals surface area contributed by atoms with Crippen molar-refractivity contribution in [2.45, 2.75) is 33.9 Å². The van der Waals surface area contributed by atoms with Crippen LogP contribution in [0.1, 0.15) is 29.4 Å². The van der Waals surface area contributed by atoms with Gasteiger partial charge in [0.15, 0.2) is 0 Å². The summed E-state index contributed by atoms with van der Waals surface area (Å²) in [5, 5.41) is 3.95. The van der Waals surface area contributed by atoms with Crippen LogP contribution in [-0.2, 0) is 20.2 Å². The van der Waals surface area contributed by atoms with Gasteiger partial charge in [0.05, 0.1) is 6.20 Å². The fourth-order valence-electron chi connectivity index (χ4n) is 2.33. The zero-order valence-corrected chi connectivity index (χ0v) is 13.8. The van der Waals surface area contributed by atoms with Gasteiger partial charge in [-0.15, -0.1) is 0 Å². The summed E-state index contributed by atoms with van der Waals surface area (Å²) in [6.07, 6.45) is 1.64. The van der Waals surface area contributed by atoms with Crippen LogP contribution in [0, 0.1) is 13.8 Å². The van der Waals surface area contributed by atoms with E-state index in [4.69, 9.17) is 16.3 Å². The van der Waals surface area contributed by atoms with Crippen LogP contribution in [0.2, 0.25) is 5.15 Å². The van der Waals surface area contributed by atoms with Gasteiger partial charge in [-0.25, -0.2) is 4.98 Å². The molecule has 1 N–H and O–H groups in total.